The van der Waals surface area contributed by atoms with Gasteiger partial charge in [0.15, 0.2) is 0 Å². The number of aromatic nitrogens is 2. The zero-order chi connectivity index (χ0) is 25.5. The molecule has 0 radical (unpaired) electrons. The lowest BCUT2D eigenvalue weighted by atomic mass is 10.0. The highest BCUT2D eigenvalue weighted by Crippen LogP contribution is 2.32. The molecule has 186 valence electrons. The Balaban J connectivity index is 0.000000325. The molecule has 6 nitrogen and oxygen atoms in total. The zero-order valence-electron chi connectivity index (χ0n) is 21.2. The van der Waals surface area contributed by atoms with Crippen LogP contribution in [0.15, 0.2) is 72.8 Å². The van der Waals surface area contributed by atoms with E-state index in [2.05, 4.69) is 34.4 Å². The van der Waals surface area contributed by atoms with Gasteiger partial charge in [-0.3, -0.25) is 9.59 Å². The second kappa shape index (κ2) is 11.7. The predicted molar refractivity (Wildman–Crippen MR) is 147 cm³/mol. The number of benzene rings is 3. The Morgan fingerprint density at radius 1 is 0.944 bits per heavy atom. The Kier molecular flexibility index (Phi) is 8.16. The molecule has 2 unspecified atom stereocenters. The standard InChI is InChI=1S/C22H18N4O2.C8H16/c1-14(27)23-18-11-12-19-20(13-18)26-21(25-19)15-7-9-17(10-8-15)24-22(28)16-5-3-2-4-6-16;1-3-8-5-4-7(2)6-8/h2-13H,1H3,(H,23,27)(H,24,28)(H,25,26);7-8H,3-6H2,1-2H3. The summed E-state index contributed by atoms with van der Waals surface area (Å²) in [5, 5.41) is 5.64. The maximum atomic E-state index is 12.2. The molecule has 2 atom stereocenters. The molecule has 1 aliphatic carbocycles. The molecule has 6 heteroatoms. The molecule has 36 heavy (non-hydrogen) atoms. The molecule has 1 heterocycles. The Morgan fingerprint density at radius 3 is 2.28 bits per heavy atom. The van der Waals surface area contributed by atoms with Gasteiger partial charge in [-0.2, -0.15) is 0 Å². The fourth-order valence-corrected chi connectivity index (χ4v) is 4.63. The monoisotopic (exact) mass is 482 g/mol. The quantitative estimate of drug-likeness (QED) is 0.279. The minimum atomic E-state index is -0.150. The third-order valence-corrected chi connectivity index (χ3v) is 6.64. The Bertz CT molecular complexity index is 1310. The van der Waals surface area contributed by atoms with Gasteiger partial charge in [0.2, 0.25) is 5.91 Å². The average molecular weight is 483 g/mol. The van der Waals surface area contributed by atoms with E-state index < -0.39 is 0 Å². The molecule has 0 saturated heterocycles. The molecular formula is C30H34N4O2. The molecule has 0 spiro atoms. The molecule has 0 bridgehead atoms. The number of anilines is 2. The largest absolute Gasteiger partial charge is 0.338 e. The summed E-state index contributed by atoms with van der Waals surface area (Å²) in [6, 6.07) is 22.1. The predicted octanol–water partition coefficient (Wildman–Crippen LogP) is 7.27. The number of aromatic amines is 1. The van der Waals surface area contributed by atoms with Crippen molar-refractivity contribution in [1.82, 2.24) is 9.97 Å². The summed E-state index contributed by atoms with van der Waals surface area (Å²) >= 11 is 0. The van der Waals surface area contributed by atoms with Gasteiger partial charge < -0.3 is 15.6 Å². The second-order valence-electron chi connectivity index (χ2n) is 9.59. The van der Waals surface area contributed by atoms with Crippen LogP contribution in [0.5, 0.6) is 0 Å². The fraction of sp³-hybridized carbons (Fsp3) is 0.300. The third-order valence-electron chi connectivity index (χ3n) is 6.64. The van der Waals surface area contributed by atoms with Crippen LogP contribution in [0.25, 0.3) is 22.4 Å². The number of nitrogens with zero attached hydrogens (tertiary/aromatic N) is 1. The lowest BCUT2D eigenvalue weighted by Crippen LogP contribution is -2.11. The van der Waals surface area contributed by atoms with Gasteiger partial charge in [-0.25, -0.2) is 4.98 Å². The molecule has 0 aliphatic heterocycles. The van der Waals surface area contributed by atoms with Crippen LogP contribution in [0.3, 0.4) is 0 Å². The molecule has 2 amide bonds. The van der Waals surface area contributed by atoms with Gasteiger partial charge in [-0.1, -0.05) is 51.3 Å². The van der Waals surface area contributed by atoms with Crippen LogP contribution in [0.2, 0.25) is 0 Å². The third kappa shape index (κ3) is 6.60. The SMILES string of the molecule is CC(=O)Nc1ccc2nc(-c3ccc(NC(=O)c4ccccc4)cc3)[nH]c2c1.CCC1CCC(C)C1. The molecule has 1 aromatic heterocycles. The topological polar surface area (TPSA) is 86.9 Å². The first-order chi connectivity index (χ1) is 17.4. The van der Waals surface area contributed by atoms with Crippen molar-refractivity contribution >= 4 is 34.2 Å². The van der Waals surface area contributed by atoms with Crippen molar-refractivity contribution < 1.29 is 9.59 Å². The van der Waals surface area contributed by atoms with E-state index in [1.807, 2.05) is 60.7 Å². The van der Waals surface area contributed by atoms with E-state index in [9.17, 15) is 9.59 Å². The molecule has 1 aliphatic rings. The molecule has 4 aromatic rings. The lowest BCUT2D eigenvalue weighted by molar-refractivity contribution is -0.114. The average Bonchev–Trinajstić information content (AvgIpc) is 3.50. The fourth-order valence-electron chi connectivity index (χ4n) is 4.63. The van der Waals surface area contributed by atoms with Crippen molar-refractivity contribution in [2.75, 3.05) is 10.6 Å². The summed E-state index contributed by atoms with van der Waals surface area (Å²) in [5.74, 6) is 2.55. The van der Waals surface area contributed by atoms with Gasteiger partial charge in [0.25, 0.3) is 5.91 Å². The van der Waals surface area contributed by atoms with Crippen LogP contribution in [-0.4, -0.2) is 21.8 Å². The first-order valence-electron chi connectivity index (χ1n) is 12.7. The van der Waals surface area contributed by atoms with Crippen LogP contribution < -0.4 is 10.6 Å². The highest BCUT2D eigenvalue weighted by molar-refractivity contribution is 6.04. The molecule has 5 rings (SSSR count). The minimum Gasteiger partial charge on any atom is -0.338 e. The van der Waals surface area contributed by atoms with E-state index in [-0.39, 0.29) is 11.8 Å². The van der Waals surface area contributed by atoms with Crippen LogP contribution in [0, 0.1) is 11.8 Å². The number of rotatable bonds is 5. The number of carbonyl (C=O) groups is 2. The lowest BCUT2D eigenvalue weighted by Gasteiger charge is -2.06. The van der Waals surface area contributed by atoms with Gasteiger partial charge in [-0.05, 0) is 72.9 Å². The second-order valence-corrected chi connectivity index (χ2v) is 9.59. The Morgan fingerprint density at radius 2 is 1.67 bits per heavy atom. The molecule has 1 saturated carbocycles. The summed E-state index contributed by atoms with van der Waals surface area (Å²) < 4.78 is 0. The van der Waals surface area contributed by atoms with Gasteiger partial charge in [-0.15, -0.1) is 0 Å². The van der Waals surface area contributed by atoms with Crippen molar-refractivity contribution in [2.24, 2.45) is 11.8 Å². The maximum Gasteiger partial charge on any atom is 0.255 e. The normalized spacial score (nSPS) is 16.8. The van der Waals surface area contributed by atoms with E-state index >= 15 is 0 Å². The van der Waals surface area contributed by atoms with Crippen LogP contribution in [0.4, 0.5) is 11.4 Å². The molecule has 3 aromatic carbocycles. The Labute approximate surface area is 212 Å². The number of hydrogen-bond donors (Lipinski definition) is 3. The number of hydrogen-bond acceptors (Lipinski definition) is 3. The van der Waals surface area contributed by atoms with Gasteiger partial charge in [0.1, 0.15) is 5.82 Å². The zero-order valence-corrected chi connectivity index (χ0v) is 21.2. The van der Waals surface area contributed by atoms with E-state index in [1.165, 1.54) is 32.6 Å². The highest BCUT2D eigenvalue weighted by atomic mass is 16.2. The number of nitrogens with one attached hydrogen (secondary N) is 3. The van der Waals surface area contributed by atoms with Gasteiger partial charge >= 0.3 is 0 Å². The number of imidazole rings is 1. The number of fused-ring (bicyclic) bond motifs is 1. The van der Waals surface area contributed by atoms with Gasteiger partial charge in [0.05, 0.1) is 11.0 Å². The summed E-state index contributed by atoms with van der Waals surface area (Å²) in [5.41, 5.74) is 4.58. The van der Waals surface area contributed by atoms with Gasteiger partial charge in [0, 0.05) is 29.4 Å². The minimum absolute atomic E-state index is 0.118. The number of carbonyl (C=O) groups excluding carboxylic acids is 2. The summed E-state index contributed by atoms with van der Waals surface area (Å²) in [6.07, 6.45) is 5.89. The summed E-state index contributed by atoms with van der Waals surface area (Å²) in [4.78, 5) is 31.3. The summed E-state index contributed by atoms with van der Waals surface area (Å²) in [7, 11) is 0. The van der Waals surface area contributed by atoms with E-state index in [0.29, 0.717) is 16.9 Å². The summed E-state index contributed by atoms with van der Waals surface area (Å²) in [6.45, 7) is 6.15. The maximum absolute atomic E-state index is 12.2. The smallest absolute Gasteiger partial charge is 0.255 e. The van der Waals surface area contributed by atoms with Crippen LogP contribution in [-0.2, 0) is 4.79 Å². The Hall–Kier alpha value is -3.93. The molecule has 1 fully saturated rings. The van der Waals surface area contributed by atoms with Crippen molar-refractivity contribution in [3.05, 3.63) is 78.4 Å². The highest BCUT2D eigenvalue weighted by Gasteiger charge is 2.18. The van der Waals surface area contributed by atoms with Crippen molar-refractivity contribution in [3.63, 3.8) is 0 Å². The van der Waals surface area contributed by atoms with Crippen LogP contribution >= 0.6 is 0 Å². The molecular weight excluding hydrogens is 448 g/mol. The van der Waals surface area contributed by atoms with Crippen molar-refractivity contribution in [2.45, 2.75) is 46.5 Å². The first kappa shape index (κ1) is 25.2. The van der Waals surface area contributed by atoms with Crippen molar-refractivity contribution in [1.29, 1.82) is 0 Å². The van der Waals surface area contributed by atoms with Crippen molar-refractivity contribution in [3.8, 4) is 11.4 Å². The van der Waals surface area contributed by atoms with E-state index in [1.54, 1.807) is 12.1 Å². The van der Waals surface area contributed by atoms with E-state index in [4.69, 9.17) is 0 Å². The van der Waals surface area contributed by atoms with Crippen LogP contribution in [0.1, 0.15) is 56.8 Å². The van der Waals surface area contributed by atoms with E-state index in [0.717, 1.165) is 34.3 Å². The number of H-pyrrole nitrogens is 1. The number of amides is 2. The first-order valence-corrected chi connectivity index (χ1v) is 12.7. The molecule has 3 N–H and O–H groups in total.